The van der Waals surface area contributed by atoms with Crippen LogP contribution in [0.2, 0.25) is 0 Å². The molecule has 2 unspecified atom stereocenters. The van der Waals surface area contributed by atoms with Crippen LogP contribution in [0.25, 0.3) is 0 Å². The molecular formula is C18H29NO2. The molecule has 1 aliphatic rings. The Balaban J connectivity index is 2.02. The molecule has 2 atom stereocenters. The minimum Gasteiger partial charge on any atom is -0.497 e. The number of hydrogen-bond donors (Lipinski definition) is 1. The first kappa shape index (κ1) is 16.3. The molecule has 0 spiro atoms. The molecule has 2 N–H and O–H groups in total. The van der Waals surface area contributed by atoms with E-state index in [1.54, 1.807) is 7.11 Å². The van der Waals surface area contributed by atoms with Crippen molar-refractivity contribution in [1.29, 1.82) is 0 Å². The van der Waals surface area contributed by atoms with Crippen molar-refractivity contribution in [2.75, 3.05) is 13.7 Å². The molecule has 0 radical (unpaired) electrons. The number of ether oxygens (including phenoxy) is 2. The smallest absolute Gasteiger partial charge is 0.119 e. The van der Waals surface area contributed by atoms with E-state index in [-0.39, 0.29) is 12.1 Å². The van der Waals surface area contributed by atoms with E-state index in [9.17, 15) is 0 Å². The number of rotatable bonds is 7. The summed E-state index contributed by atoms with van der Waals surface area (Å²) in [4.78, 5) is 0. The lowest BCUT2D eigenvalue weighted by molar-refractivity contribution is 0.00431. The largest absolute Gasteiger partial charge is 0.497 e. The van der Waals surface area contributed by atoms with Gasteiger partial charge in [0.1, 0.15) is 5.75 Å². The first-order valence-corrected chi connectivity index (χ1v) is 8.25. The van der Waals surface area contributed by atoms with Gasteiger partial charge in [-0.2, -0.15) is 0 Å². The van der Waals surface area contributed by atoms with E-state index in [1.165, 1.54) is 32.1 Å². The zero-order valence-corrected chi connectivity index (χ0v) is 13.4. The van der Waals surface area contributed by atoms with Crippen LogP contribution in [0.1, 0.15) is 57.1 Å². The van der Waals surface area contributed by atoms with Crippen LogP contribution < -0.4 is 10.5 Å². The van der Waals surface area contributed by atoms with E-state index < -0.39 is 0 Å². The van der Waals surface area contributed by atoms with Gasteiger partial charge in [0.2, 0.25) is 0 Å². The Morgan fingerprint density at radius 2 is 2.00 bits per heavy atom. The number of nitrogens with two attached hydrogens (primary N) is 1. The fourth-order valence-electron chi connectivity index (χ4n) is 3.09. The van der Waals surface area contributed by atoms with Crippen LogP contribution in [0.4, 0.5) is 0 Å². The lowest BCUT2D eigenvalue weighted by atomic mass is 9.90. The molecular weight excluding hydrogens is 262 g/mol. The summed E-state index contributed by atoms with van der Waals surface area (Å²) in [6.07, 6.45) is 7.54. The van der Waals surface area contributed by atoms with E-state index >= 15 is 0 Å². The first-order chi connectivity index (χ1) is 10.2. The van der Waals surface area contributed by atoms with E-state index in [4.69, 9.17) is 15.2 Å². The van der Waals surface area contributed by atoms with Gasteiger partial charge in [0, 0.05) is 6.04 Å². The number of methoxy groups -OCH3 is 1. The van der Waals surface area contributed by atoms with E-state index in [1.807, 2.05) is 18.2 Å². The summed E-state index contributed by atoms with van der Waals surface area (Å²) in [5, 5.41) is 0. The molecule has 2 rings (SSSR count). The Hall–Kier alpha value is -1.06. The average Bonchev–Trinajstić information content (AvgIpc) is 2.56. The second-order valence-electron chi connectivity index (χ2n) is 6.11. The lowest BCUT2D eigenvalue weighted by Crippen LogP contribution is -2.31. The Bertz CT molecular complexity index is 415. The van der Waals surface area contributed by atoms with Crippen LogP contribution in [0.15, 0.2) is 24.3 Å². The minimum absolute atomic E-state index is 0.0284. The molecule has 1 fully saturated rings. The van der Waals surface area contributed by atoms with E-state index in [0.29, 0.717) is 5.92 Å². The van der Waals surface area contributed by atoms with Crippen LogP contribution in [0.5, 0.6) is 5.75 Å². The van der Waals surface area contributed by atoms with Crippen molar-refractivity contribution in [2.45, 2.75) is 57.6 Å². The standard InChI is InChI=1S/C18H29NO2/c1-3-17(19)18(15-10-7-11-16(12-15)20-2)21-13-14-8-5-4-6-9-14/h7,10-12,14,17-18H,3-6,8-9,13,19H2,1-2H3. The maximum Gasteiger partial charge on any atom is 0.119 e. The summed E-state index contributed by atoms with van der Waals surface area (Å²) < 4.78 is 11.6. The van der Waals surface area contributed by atoms with Crippen LogP contribution in [-0.2, 0) is 4.74 Å². The highest BCUT2D eigenvalue weighted by Gasteiger charge is 2.22. The van der Waals surface area contributed by atoms with Gasteiger partial charge in [-0.1, -0.05) is 38.3 Å². The third-order valence-electron chi connectivity index (χ3n) is 4.52. The van der Waals surface area contributed by atoms with Gasteiger partial charge >= 0.3 is 0 Å². The Kier molecular flexibility index (Phi) is 6.52. The van der Waals surface area contributed by atoms with Gasteiger partial charge in [0.05, 0.1) is 19.8 Å². The molecule has 1 aromatic rings. The molecule has 1 aliphatic carbocycles. The molecule has 0 amide bonds. The molecule has 3 nitrogen and oxygen atoms in total. The normalized spacial score (nSPS) is 19.2. The highest BCUT2D eigenvalue weighted by atomic mass is 16.5. The second-order valence-corrected chi connectivity index (χ2v) is 6.11. The maximum absolute atomic E-state index is 6.29. The molecule has 1 saturated carbocycles. The SMILES string of the molecule is CCC(N)C(OCC1CCCCC1)c1cccc(OC)c1. The fraction of sp³-hybridized carbons (Fsp3) is 0.667. The average molecular weight is 291 g/mol. The van der Waals surface area contributed by atoms with Crippen LogP contribution in [-0.4, -0.2) is 19.8 Å². The molecule has 3 heteroatoms. The monoisotopic (exact) mass is 291 g/mol. The van der Waals surface area contributed by atoms with Crippen molar-refractivity contribution in [3.05, 3.63) is 29.8 Å². The minimum atomic E-state index is -0.0352. The number of benzene rings is 1. The lowest BCUT2D eigenvalue weighted by Gasteiger charge is -2.28. The van der Waals surface area contributed by atoms with Gasteiger partial charge in [-0.15, -0.1) is 0 Å². The van der Waals surface area contributed by atoms with Crippen LogP contribution in [0, 0.1) is 5.92 Å². The summed E-state index contributed by atoms with van der Waals surface area (Å²) in [5.74, 6) is 1.57. The predicted molar refractivity (Wildman–Crippen MR) is 86.5 cm³/mol. The van der Waals surface area contributed by atoms with E-state index in [0.717, 1.165) is 24.3 Å². The summed E-state index contributed by atoms with van der Waals surface area (Å²) in [6.45, 7) is 2.94. The first-order valence-electron chi connectivity index (χ1n) is 8.25. The molecule has 0 heterocycles. The topological polar surface area (TPSA) is 44.5 Å². The summed E-state index contributed by atoms with van der Waals surface area (Å²) >= 11 is 0. The van der Waals surface area contributed by atoms with Crippen LogP contribution in [0.3, 0.4) is 0 Å². The Morgan fingerprint density at radius 1 is 1.24 bits per heavy atom. The third kappa shape index (κ3) is 4.72. The molecule has 0 bridgehead atoms. The molecule has 21 heavy (non-hydrogen) atoms. The summed E-state index contributed by atoms with van der Waals surface area (Å²) in [5.41, 5.74) is 7.42. The van der Waals surface area contributed by atoms with Gasteiger partial charge < -0.3 is 15.2 Å². The van der Waals surface area contributed by atoms with Gasteiger partial charge in [0.25, 0.3) is 0 Å². The van der Waals surface area contributed by atoms with Crippen molar-refractivity contribution < 1.29 is 9.47 Å². The zero-order chi connectivity index (χ0) is 15.1. The van der Waals surface area contributed by atoms with Crippen molar-refractivity contribution in [1.82, 2.24) is 0 Å². The third-order valence-corrected chi connectivity index (χ3v) is 4.52. The van der Waals surface area contributed by atoms with Crippen molar-refractivity contribution in [3.63, 3.8) is 0 Å². The number of hydrogen-bond acceptors (Lipinski definition) is 3. The van der Waals surface area contributed by atoms with Crippen molar-refractivity contribution in [3.8, 4) is 5.75 Å². The second kappa shape index (κ2) is 8.40. The molecule has 0 aromatic heterocycles. The van der Waals surface area contributed by atoms with Gasteiger partial charge in [-0.25, -0.2) is 0 Å². The highest BCUT2D eigenvalue weighted by Crippen LogP contribution is 2.29. The zero-order valence-electron chi connectivity index (χ0n) is 13.4. The van der Waals surface area contributed by atoms with Crippen LogP contribution >= 0.6 is 0 Å². The van der Waals surface area contributed by atoms with Gasteiger partial charge in [-0.05, 0) is 42.9 Å². The quantitative estimate of drug-likeness (QED) is 0.823. The summed E-state index contributed by atoms with van der Waals surface area (Å²) in [6, 6.07) is 8.12. The molecule has 1 aromatic carbocycles. The molecule has 0 aliphatic heterocycles. The maximum atomic E-state index is 6.29. The molecule has 0 saturated heterocycles. The van der Waals surface area contributed by atoms with Gasteiger partial charge in [0.15, 0.2) is 0 Å². The summed E-state index contributed by atoms with van der Waals surface area (Å²) in [7, 11) is 1.69. The highest BCUT2D eigenvalue weighted by molar-refractivity contribution is 5.30. The molecule has 118 valence electrons. The predicted octanol–water partition coefficient (Wildman–Crippen LogP) is 4.07. The Labute approximate surface area is 128 Å². The Morgan fingerprint density at radius 3 is 2.67 bits per heavy atom. The van der Waals surface area contributed by atoms with Crippen molar-refractivity contribution >= 4 is 0 Å². The van der Waals surface area contributed by atoms with Crippen molar-refractivity contribution in [2.24, 2.45) is 11.7 Å². The van der Waals surface area contributed by atoms with E-state index in [2.05, 4.69) is 13.0 Å². The van der Waals surface area contributed by atoms with Gasteiger partial charge in [-0.3, -0.25) is 0 Å². The fourth-order valence-corrected chi connectivity index (χ4v) is 3.09.